The Morgan fingerprint density at radius 2 is 2.11 bits per heavy atom. The first kappa shape index (κ1) is 13.0. The second-order valence-corrected chi connectivity index (χ2v) is 4.67. The molecule has 0 saturated heterocycles. The van der Waals surface area contributed by atoms with Crippen LogP contribution in [0.25, 0.3) is 0 Å². The van der Waals surface area contributed by atoms with Crippen LogP contribution < -0.4 is 10.6 Å². The van der Waals surface area contributed by atoms with Crippen molar-refractivity contribution in [2.75, 3.05) is 10.6 Å². The van der Waals surface area contributed by atoms with Gasteiger partial charge < -0.3 is 10.4 Å². The van der Waals surface area contributed by atoms with E-state index >= 15 is 0 Å². The lowest BCUT2D eigenvalue weighted by Crippen LogP contribution is -2.20. The quantitative estimate of drug-likeness (QED) is 0.804. The van der Waals surface area contributed by atoms with Crippen molar-refractivity contribution in [1.82, 2.24) is 4.98 Å². The van der Waals surface area contributed by atoms with Gasteiger partial charge in [-0.1, -0.05) is 11.6 Å². The Hall–Kier alpha value is -2.41. The van der Waals surface area contributed by atoms with Crippen molar-refractivity contribution in [2.24, 2.45) is 0 Å². The van der Waals surface area contributed by atoms with Crippen molar-refractivity contribution >= 4 is 34.2 Å². The van der Waals surface area contributed by atoms with E-state index in [1.807, 2.05) is 0 Å². The lowest BCUT2D eigenvalue weighted by molar-refractivity contribution is 0.0698. The molecule has 0 aliphatic carbocycles. The van der Waals surface area contributed by atoms with Crippen LogP contribution in [0.1, 0.15) is 15.9 Å². The minimum atomic E-state index is -1.09. The van der Waals surface area contributed by atoms with Gasteiger partial charge in [0, 0.05) is 11.6 Å². The van der Waals surface area contributed by atoms with Crippen LogP contribution in [0.4, 0.5) is 15.6 Å². The Morgan fingerprint density at radius 3 is 2.74 bits per heavy atom. The molecule has 98 valence electrons. The number of thiazole rings is 1. The summed E-state index contributed by atoms with van der Waals surface area (Å²) in [6.07, 6.45) is 1.56. The molecule has 1 aromatic carbocycles. The molecule has 2 rings (SSSR count). The number of amides is 2. The number of aromatic nitrogens is 1. The van der Waals surface area contributed by atoms with Crippen LogP contribution in [0.2, 0.25) is 0 Å². The summed E-state index contributed by atoms with van der Waals surface area (Å²) in [5.41, 5.74) is 1.10. The van der Waals surface area contributed by atoms with E-state index in [4.69, 9.17) is 5.11 Å². The number of anilines is 2. The Bertz CT molecular complexity index is 611. The van der Waals surface area contributed by atoms with Crippen molar-refractivity contribution in [1.29, 1.82) is 0 Å². The summed E-state index contributed by atoms with van der Waals surface area (Å²) < 4.78 is 0. The molecule has 1 aromatic heterocycles. The first-order valence-electron chi connectivity index (χ1n) is 5.37. The molecule has 1 heterocycles. The van der Waals surface area contributed by atoms with Gasteiger partial charge in [-0.15, -0.1) is 11.3 Å². The molecule has 0 bridgehead atoms. The fourth-order valence-electron chi connectivity index (χ4n) is 1.48. The average Bonchev–Trinajstić information content (AvgIpc) is 2.83. The molecular weight excluding hydrogens is 266 g/mol. The Labute approximate surface area is 113 Å². The Balaban J connectivity index is 2.14. The minimum absolute atomic E-state index is 0.0503. The number of hydrogen-bond acceptors (Lipinski definition) is 4. The molecule has 0 aliphatic heterocycles. The van der Waals surface area contributed by atoms with Crippen LogP contribution >= 0.6 is 11.3 Å². The summed E-state index contributed by atoms with van der Waals surface area (Å²) >= 11 is 1.28. The highest BCUT2D eigenvalue weighted by Gasteiger charge is 2.13. The van der Waals surface area contributed by atoms with Crippen LogP contribution in [-0.4, -0.2) is 22.1 Å². The predicted octanol–water partition coefficient (Wildman–Crippen LogP) is 2.79. The summed E-state index contributed by atoms with van der Waals surface area (Å²) in [7, 11) is 0. The van der Waals surface area contributed by atoms with E-state index in [1.54, 1.807) is 30.6 Å². The number of carboxylic acids is 1. The van der Waals surface area contributed by atoms with Gasteiger partial charge in [-0.25, -0.2) is 14.6 Å². The largest absolute Gasteiger partial charge is 0.478 e. The van der Waals surface area contributed by atoms with E-state index in [2.05, 4.69) is 15.6 Å². The second kappa shape index (κ2) is 5.49. The maximum absolute atomic E-state index is 11.7. The highest BCUT2D eigenvalue weighted by molar-refractivity contribution is 7.13. The summed E-state index contributed by atoms with van der Waals surface area (Å²) in [4.78, 5) is 26.7. The molecule has 0 saturated carbocycles. The van der Waals surface area contributed by atoms with Gasteiger partial charge in [-0.3, -0.25) is 5.32 Å². The zero-order valence-electron chi connectivity index (χ0n) is 10.0. The third-order valence-corrected chi connectivity index (χ3v) is 2.99. The number of aryl methyl sites for hydroxylation is 1. The van der Waals surface area contributed by atoms with E-state index in [0.29, 0.717) is 5.13 Å². The molecule has 2 amide bonds. The van der Waals surface area contributed by atoms with Gasteiger partial charge in [0.2, 0.25) is 0 Å². The molecule has 2 aromatic rings. The number of benzene rings is 1. The molecule has 19 heavy (non-hydrogen) atoms. The zero-order chi connectivity index (χ0) is 13.8. The van der Waals surface area contributed by atoms with Crippen molar-refractivity contribution in [3.63, 3.8) is 0 Å². The normalized spacial score (nSPS) is 9.95. The number of rotatable bonds is 3. The Morgan fingerprint density at radius 1 is 1.32 bits per heavy atom. The molecule has 0 aliphatic rings. The van der Waals surface area contributed by atoms with Gasteiger partial charge in [0.15, 0.2) is 5.13 Å². The minimum Gasteiger partial charge on any atom is -0.478 e. The molecule has 0 fully saturated rings. The number of nitrogens with one attached hydrogen (secondary N) is 2. The summed E-state index contributed by atoms with van der Waals surface area (Å²) in [5, 5.41) is 16.3. The van der Waals surface area contributed by atoms with Crippen molar-refractivity contribution in [3.8, 4) is 0 Å². The maximum Gasteiger partial charge on any atom is 0.337 e. The zero-order valence-corrected chi connectivity index (χ0v) is 10.8. The number of carboxylic acid groups (broad SMARTS) is 1. The molecular formula is C12H11N3O3S. The summed E-state index contributed by atoms with van der Waals surface area (Å²) in [5.74, 6) is -1.09. The monoisotopic (exact) mass is 277 g/mol. The number of carbonyl (C=O) groups excluding carboxylic acids is 1. The molecule has 0 radical (unpaired) electrons. The Kier molecular flexibility index (Phi) is 3.76. The van der Waals surface area contributed by atoms with Crippen LogP contribution in [0.3, 0.4) is 0 Å². The lowest BCUT2D eigenvalue weighted by atomic mass is 10.1. The first-order valence-corrected chi connectivity index (χ1v) is 6.25. The SMILES string of the molecule is Cc1ccc(NC(=O)Nc2nccs2)c(C(=O)O)c1. The van der Waals surface area contributed by atoms with E-state index in [1.165, 1.54) is 17.4 Å². The predicted molar refractivity (Wildman–Crippen MR) is 72.9 cm³/mol. The maximum atomic E-state index is 11.7. The molecule has 0 spiro atoms. The van der Waals surface area contributed by atoms with E-state index in [9.17, 15) is 9.59 Å². The third kappa shape index (κ3) is 3.29. The topological polar surface area (TPSA) is 91.3 Å². The van der Waals surface area contributed by atoms with Crippen molar-refractivity contribution < 1.29 is 14.7 Å². The smallest absolute Gasteiger partial charge is 0.337 e. The van der Waals surface area contributed by atoms with Gasteiger partial charge in [0.25, 0.3) is 0 Å². The third-order valence-electron chi connectivity index (χ3n) is 2.31. The van der Waals surface area contributed by atoms with Crippen LogP contribution in [-0.2, 0) is 0 Å². The fourth-order valence-corrected chi connectivity index (χ4v) is 2.00. The van der Waals surface area contributed by atoms with Crippen molar-refractivity contribution in [3.05, 3.63) is 40.9 Å². The van der Waals surface area contributed by atoms with Gasteiger partial charge in [0.1, 0.15) is 0 Å². The number of carbonyl (C=O) groups is 2. The average molecular weight is 277 g/mol. The lowest BCUT2D eigenvalue weighted by Gasteiger charge is -2.09. The first-order chi connectivity index (χ1) is 9.06. The van der Waals surface area contributed by atoms with E-state index in [0.717, 1.165) is 5.56 Å². The van der Waals surface area contributed by atoms with Crippen LogP contribution in [0, 0.1) is 6.92 Å². The molecule has 6 nitrogen and oxygen atoms in total. The molecule has 3 N–H and O–H groups in total. The number of nitrogens with zero attached hydrogens (tertiary/aromatic N) is 1. The molecule has 7 heteroatoms. The van der Waals surface area contributed by atoms with Gasteiger partial charge in [-0.05, 0) is 19.1 Å². The van der Waals surface area contributed by atoms with E-state index in [-0.39, 0.29) is 11.3 Å². The second-order valence-electron chi connectivity index (χ2n) is 3.77. The number of aromatic carboxylic acids is 1. The highest BCUT2D eigenvalue weighted by atomic mass is 32.1. The van der Waals surface area contributed by atoms with Crippen LogP contribution in [0.5, 0.6) is 0 Å². The standard InChI is InChI=1S/C12H11N3O3S/c1-7-2-3-9(8(6-7)10(16)17)14-11(18)15-12-13-4-5-19-12/h2-6H,1H3,(H,16,17)(H2,13,14,15,18). The fraction of sp³-hybridized carbons (Fsp3) is 0.0833. The molecule has 0 unspecified atom stereocenters. The highest BCUT2D eigenvalue weighted by Crippen LogP contribution is 2.18. The van der Waals surface area contributed by atoms with Gasteiger partial charge in [0.05, 0.1) is 11.3 Å². The summed E-state index contributed by atoms with van der Waals surface area (Å²) in [6, 6.07) is 4.26. The number of hydrogen-bond donors (Lipinski definition) is 3. The van der Waals surface area contributed by atoms with Gasteiger partial charge in [-0.2, -0.15) is 0 Å². The molecule has 0 atom stereocenters. The van der Waals surface area contributed by atoms with E-state index < -0.39 is 12.0 Å². The van der Waals surface area contributed by atoms with Crippen molar-refractivity contribution in [2.45, 2.75) is 6.92 Å². The van der Waals surface area contributed by atoms with Gasteiger partial charge >= 0.3 is 12.0 Å². The number of urea groups is 1. The summed E-state index contributed by atoms with van der Waals surface area (Å²) in [6.45, 7) is 1.78. The van der Waals surface area contributed by atoms with Crippen LogP contribution in [0.15, 0.2) is 29.8 Å².